The molecule has 3 rings (SSSR count). The minimum atomic E-state index is -0.0149. The van der Waals surface area contributed by atoms with Gasteiger partial charge in [-0.05, 0) is 36.1 Å². The summed E-state index contributed by atoms with van der Waals surface area (Å²) in [6.45, 7) is 7.77. The predicted octanol–water partition coefficient (Wildman–Crippen LogP) is 4.55. The van der Waals surface area contributed by atoms with Gasteiger partial charge in [-0.25, -0.2) is 0 Å². The van der Waals surface area contributed by atoms with Crippen LogP contribution in [0.25, 0.3) is 0 Å². The molecule has 1 N–H and O–H groups in total. The Kier molecular flexibility index (Phi) is 6.60. The van der Waals surface area contributed by atoms with Gasteiger partial charge in [0.2, 0.25) is 5.89 Å². The first-order valence-corrected chi connectivity index (χ1v) is 9.41. The molecule has 0 bridgehead atoms. The van der Waals surface area contributed by atoms with Gasteiger partial charge in [0.15, 0.2) is 5.82 Å². The molecule has 0 saturated carbocycles. The van der Waals surface area contributed by atoms with Crippen LogP contribution in [0, 0.1) is 5.92 Å². The van der Waals surface area contributed by atoms with Gasteiger partial charge in [0.25, 0.3) is 0 Å². The maximum atomic E-state index is 5.72. The van der Waals surface area contributed by atoms with Gasteiger partial charge in [0, 0.05) is 13.0 Å². The number of nitrogens with one attached hydrogen (secondary N) is 1. The second-order valence-corrected chi connectivity index (χ2v) is 7.16. The lowest BCUT2D eigenvalue weighted by Gasteiger charge is -2.11. The second-order valence-electron chi connectivity index (χ2n) is 7.16. The van der Waals surface area contributed by atoms with Crippen molar-refractivity contribution >= 4 is 0 Å². The van der Waals surface area contributed by atoms with Crippen LogP contribution in [0.3, 0.4) is 0 Å². The molecule has 1 aromatic heterocycles. The summed E-state index contributed by atoms with van der Waals surface area (Å²) in [5.74, 6) is 2.74. The normalized spacial score (nSPS) is 12.3. The molecule has 0 amide bonds. The first kappa shape index (κ1) is 19.1. The van der Waals surface area contributed by atoms with Crippen molar-refractivity contribution in [1.29, 1.82) is 0 Å². The summed E-state index contributed by atoms with van der Waals surface area (Å²) in [7, 11) is 0. The van der Waals surface area contributed by atoms with Crippen molar-refractivity contribution < 1.29 is 9.26 Å². The fourth-order valence-corrected chi connectivity index (χ4v) is 2.62. The summed E-state index contributed by atoms with van der Waals surface area (Å²) in [5, 5.41) is 7.52. The Morgan fingerprint density at radius 2 is 1.70 bits per heavy atom. The van der Waals surface area contributed by atoms with Gasteiger partial charge in [-0.2, -0.15) is 4.98 Å². The Balaban J connectivity index is 1.50. The molecule has 0 fully saturated rings. The Morgan fingerprint density at radius 1 is 0.963 bits per heavy atom. The lowest BCUT2D eigenvalue weighted by atomic mass is 10.1. The van der Waals surface area contributed by atoms with Crippen molar-refractivity contribution in [2.75, 3.05) is 6.61 Å². The average molecular weight is 365 g/mol. The minimum Gasteiger partial charge on any atom is -0.493 e. The molecule has 0 radical (unpaired) electrons. The molecule has 0 spiro atoms. The van der Waals surface area contributed by atoms with Gasteiger partial charge in [-0.15, -0.1) is 0 Å². The molecule has 0 aliphatic heterocycles. The highest BCUT2D eigenvalue weighted by Gasteiger charge is 2.14. The highest BCUT2D eigenvalue weighted by molar-refractivity contribution is 5.27. The quantitative estimate of drug-likeness (QED) is 0.603. The maximum absolute atomic E-state index is 5.72. The summed E-state index contributed by atoms with van der Waals surface area (Å²) >= 11 is 0. The van der Waals surface area contributed by atoms with Crippen molar-refractivity contribution in [3.8, 4) is 5.75 Å². The molecule has 5 heteroatoms. The summed E-state index contributed by atoms with van der Waals surface area (Å²) in [6, 6.07) is 18.3. The van der Waals surface area contributed by atoms with Crippen molar-refractivity contribution in [3.05, 3.63) is 77.4 Å². The molecular formula is C22H27N3O2. The van der Waals surface area contributed by atoms with Crippen molar-refractivity contribution in [1.82, 2.24) is 15.5 Å². The van der Waals surface area contributed by atoms with Crippen molar-refractivity contribution in [2.24, 2.45) is 5.92 Å². The Morgan fingerprint density at radius 3 is 2.41 bits per heavy atom. The van der Waals surface area contributed by atoms with Crippen LogP contribution >= 0.6 is 0 Å². The third kappa shape index (κ3) is 5.93. The van der Waals surface area contributed by atoms with Crippen LogP contribution in [-0.4, -0.2) is 16.7 Å². The smallest absolute Gasteiger partial charge is 0.243 e. The fourth-order valence-electron chi connectivity index (χ4n) is 2.62. The van der Waals surface area contributed by atoms with Gasteiger partial charge in [-0.1, -0.05) is 61.5 Å². The molecule has 5 nitrogen and oxygen atoms in total. The lowest BCUT2D eigenvalue weighted by molar-refractivity contribution is 0.271. The van der Waals surface area contributed by atoms with Gasteiger partial charge in [0.1, 0.15) is 5.75 Å². The third-order valence-electron chi connectivity index (χ3n) is 4.18. The highest BCUT2D eigenvalue weighted by atomic mass is 16.5. The average Bonchev–Trinajstić information content (AvgIpc) is 3.14. The second kappa shape index (κ2) is 9.33. The van der Waals surface area contributed by atoms with E-state index in [9.17, 15) is 0 Å². The number of ether oxygens (including phenoxy) is 1. The molecule has 0 aliphatic rings. The fraction of sp³-hybridized carbons (Fsp3) is 0.364. The van der Waals surface area contributed by atoms with E-state index in [1.807, 2.05) is 37.3 Å². The maximum Gasteiger partial charge on any atom is 0.243 e. The minimum absolute atomic E-state index is 0.0149. The topological polar surface area (TPSA) is 60.2 Å². The van der Waals surface area contributed by atoms with E-state index >= 15 is 0 Å². The SMILES string of the molecule is CC(C)COc1ccc(CNC(C)c2nc(Cc3ccccc3)no2)cc1. The highest BCUT2D eigenvalue weighted by Crippen LogP contribution is 2.16. The molecule has 1 atom stereocenters. The van der Waals surface area contributed by atoms with Crippen LogP contribution in [-0.2, 0) is 13.0 Å². The Hall–Kier alpha value is -2.66. The zero-order valence-corrected chi connectivity index (χ0v) is 16.2. The van der Waals surface area contributed by atoms with Crippen LogP contribution in [0.2, 0.25) is 0 Å². The Bertz CT molecular complexity index is 813. The van der Waals surface area contributed by atoms with Gasteiger partial charge in [-0.3, -0.25) is 0 Å². The van der Waals surface area contributed by atoms with Crippen LogP contribution in [0.1, 0.15) is 49.7 Å². The van der Waals surface area contributed by atoms with Crippen LogP contribution < -0.4 is 10.1 Å². The van der Waals surface area contributed by atoms with E-state index in [2.05, 4.69) is 53.6 Å². The summed E-state index contributed by atoms with van der Waals surface area (Å²) < 4.78 is 11.1. The van der Waals surface area contributed by atoms with Crippen LogP contribution in [0.15, 0.2) is 59.1 Å². The van der Waals surface area contributed by atoms with E-state index in [-0.39, 0.29) is 6.04 Å². The number of hydrogen-bond donors (Lipinski definition) is 1. The molecule has 0 saturated heterocycles. The van der Waals surface area contributed by atoms with E-state index in [1.54, 1.807) is 0 Å². The number of rotatable bonds is 9. The molecule has 142 valence electrons. The standard InChI is InChI=1S/C22H27N3O2/c1-16(2)15-26-20-11-9-19(10-12-20)14-23-17(3)22-24-21(25-27-22)13-18-7-5-4-6-8-18/h4-12,16-17,23H,13-15H2,1-3H3. The van der Waals surface area contributed by atoms with E-state index in [0.717, 1.165) is 18.9 Å². The molecule has 3 aromatic rings. The van der Waals surface area contributed by atoms with Crippen molar-refractivity contribution in [3.63, 3.8) is 0 Å². The van der Waals surface area contributed by atoms with E-state index in [1.165, 1.54) is 11.1 Å². The number of aromatic nitrogens is 2. The van der Waals surface area contributed by atoms with Gasteiger partial charge < -0.3 is 14.6 Å². The monoisotopic (exact) mass is 365 g/mol. The lowest BCUT2D eigenvalue weighted by Crippen LogP contribution is -2.18. The van der Waals surface area contributed by atoms with Gasteiger partial charge >= 0.3 is 0 Å². The number of benzene rings is 2. The number of hydrogen-bond acceptors (Lipinski definition) is 5. The van der Waals surface area contributed by atoms with Gasteiger partial charge in [0.05, 0.1) is 12.6 Å². The van der Waals surface area contributed by atoms with E-state index < -0.39 is 0 Å². The Labute approximate surface area is 160 Å². The van der Waals surface area contributed by atoms with Crippen LogP contribution in [0.5, 0.6) is 5.75 Å². The molecule has 1 heterocycles. The predicted molar refractivity (Wildman–Crippen MR) is 106 cm³/mol. The van der Waals surface area contributed by atoms with E-state index in [0.29, 0.717) is 24.1 Å². The summed E-state index contributed by atoms with van der Waals surface area (Å²) in [4.78, 5) is 4.51. The number of nitrogens with zero attached hydrogens (tertiary/aromatic N) is 2. The molecular weight excluding hydrogens is 338 g/mol. The third-order valence-corrected chi connectivity index (χ3v) is 4.18. The molecule has 2 aromatic carbocycles. The first-order valence-electron chi connectivity index (χ1n) is 9.41. The van der Waals surface area contributed by atoms with Crippen molar-refractivity contribution in [2.45, 2.75) is 39.8 Å². The molecule has 0 aliphatic carbocycles. The zero-order chi connectivity index (χ0) is 19.1. The molecule has 1 unspecified atom stereocenters. The van der Waals surface area contributed by atoms with Crippen LogP contribution in [0.4, 0.5) is 0 Å². The summed E-state index contributed by atoms with van der Waals surface area (Å²) in [5.41, 5.74) is 2.35. The first-order chi connectivity index (χ1) is 13.1. The zero-order valence-electron chi connectivity index (χ0n) is 16.2. The molecule has 27 heavy (non-hydrogen) atoms. The van der Waals surface area contributed by atoms with E-state index in [4.69, 9.17) is 9.26 Å². The summed E-state index contributed by atoms with van der Waals surface area (Å²) in [6.07, 6.45) is 0.675. The largest absolute Gasteiger partial charge is 0.493 e.